The minimum absolute atomic E-state index is 0.0487. The van der Waals surface area contributed by atoms with Crippen LogP contribution >= 0.6 is 0 Å². The Hall–Kier alpha value is -4.28. The molecule has 0 saturated carbocycles. The van der Waals surface area contributed by atoms with E-state index < -0.39 is 22.0 Å². The van der Waals surface area contributed by atoms with E-state index in [0.29, 0.717) is 24.1 Å². The van der Waals surface area contributed by atoms with E-state index >= 15 is 0 Å². The molecule has 1 aliphatic carbocycles. The van der Waals surface area contributed by atoms with E-state index in [2.05, 4.69) is 4.72 Å². The Morgan fingerprint density at radius 1 is 0.872 bits per heavy atom. The molecule has 0 spiro atoms. The van der Waals surface area contributed by atoms with Gasteiger partial charge in [0, 0.05) is 38.7 Å². The van der Waals surface area contributed by atoms with E-state index in [4.69, 9.17) is 9.47 Å². The van der Waals surface area contributed by atoms with Gasteiger partial charge in [-0.25, -0.2) is 13.1 Å². The maximum absolute atomic E-state index is 12.9. The molecule has 202 valence electrons. The first-order valence-electron chi connectivity index (χ1n) is 12.2. The number of hydrogen-bond acceptors (Lipinski definition) is 7. The third-order valence-corrected chi connectivity index (χ3v) is 7.67. The molecular weight excluding hydrogens is 520 g/mol. The lowest BCUT2D eigenvalue weighted by Gasteiger charge is -2.17. The van der Waals surface area contributed by atoms with Crippen LogP contribution in [0.4, 0.5) is 5.69 Å². The first-order chi connectivity index (χ1) is 18.5. The van der Waals surface area contributed by atoms with E-state index in [-0.39, 0.29) is 28.3 Å². The van der Waals surface area contributed by atoms with Crippen LogP contribution in [0.5, 0.6) is 11.5 Å². The summed E-state index contributed by atoms with van der Waals surface area (Å²) in [5, 5.41) is 0. The summed E-state index contributed by atoms with van der Waals surface area (Å²) in [6.07, 6.45) is 4.13. The Balaban J connectivity index is 1.41. The maximum Gasteiger partial charge on any atom is 0.308 e. The number of sulfonamides is 1. The summed E-state index contributed by atoms with van der Waals surface area (Å²) in [4.78, 5) is 37.0. The number of ether oxygens (including phenoxy) is 2. The molecule has 0 fully saturated rings. The van der Waals surface area contributed by atoms with Crippen LogP contribution in [0.1, 0.15) is 30.5 Å². The third kappa shape index (κ3) is 6.98. The molecule has 0 aromatic heterocycles. The highest BCUT2D eigenvalue weighted by atomic mass is 32.2. The molecule has 0 saturated heterocycles. The fourth-order valence-corrected chi connectivity index (χ4v) is 5.52. The van der Waals surface area contributed by atoms with Crippen LogP contribution < -0.4 is 19.1 Å². The minimum Gasteiger partial charge on any atom is -0.423 e. The van der Waals surface area contributed by atoms with Crippen molar-refractivity contribution in [3.63, 3.8) is 0 Å². The normalized spacial score (nSPS) is 13.2. The van der Waals surface area contributed by atoms with Crippen molar-refractivity contribution in [1.82, 2.24) is 4.72 Å². The fraction of sp³-hybridized carbons (Fsp3) is 0.207. The summed E-state index contributed by atoms with van der Waals surface area (Å²) in [6.45, 7) is 2.45. The average molecular weight is 549 g/mol. The Bertz CT molecular complexity index is 1520. The number of nitrogens with one attached hydrogen (secondary N) is 1. The van der Waals surface area contributed by atoms with Gasteiger partial charge in [0.05, 0.1) is 4.90 Å². The zero-order valence-electron chi connectivity index (χ0n) is 21.7. The summed E-state index contributed by atoms with van der Waals surface area (Å²) in [5.74, 6) is -1.39. The molecule has 0 heterocycles. The topological polar surface area (TPSA) is 119 Å². The summed E-state index contributed by atoms with van der Waals surface area (Å²) >= 11 is 0. The van der Waals surface area contributed by atoms with Gasteiger partial charge in [0.25, 0.3) is 5.91 Å². The van der Waals surface area contributed by atoms with E-state index in [1.165, 1.54) is 55.2 Å². The van der Waals surface area contributed by atoms with Crippen LogP contribution in [-0.4, -0.2) is 39.4 Å². The Kier molecular flexibility index (Phi) is 8.27. The van der Waals surface area contributed by atoms with Crippen LogP contribution in [0.15, 0.2) is 77.7 Å². The lowest BCUT2D eigenvalue weighted by molar-refractivity contribution is -0.134. The van der Waals surface area contributed by atoms with Gasteiger partial charge in [-0.2, -0.15) is 0 Å². The highest BCUT2D eigenvalue weighted by Crippen LogP contribution is 2.29. The minimum atomic E-state index is -3.73. The molecule has 1 amide bonds. The number of rotatable bonds is 8. The number of fused-ring (bicyclic) bond motifs is 1. The van der Waals surface area contributed by atoms with Gasteiger partial charge in [-0.3, -0.25) is 14.4 Å². The molecule has 1 aliphatic rings. The molecule has 3 aromatic carbocycles. The van der Waals surface area contributed by atoms with Gasteiger partial charge in [0.1, 0.15) is 0 Å². The highest BCUT2D eigenvalue weighted by Gasteiger charge is 2.26. The van der Waals surface area contributed by atoms with Crippen molar-refractivity contribution < 1.29 is 32.3 Å². The first-order valence-corrected chi connectivity index (χ1v) is 13.7. The summed E-state index contributed by atoms with van der Waals surface area (Å²) < 4.78 is 38.8. The second-order valence-electron chi connectivity index (χ2n) is 9.11. The maximum atomic E-state index is 12.9. The first kappa shape index (κ1) is 27.7. The second kappa shape index (κ2) is 11.6. The standard InChI is InChI=1S/C29H28N2O7S/c1-19(32)37-27-14-8-21(16-28(27)38-20(2)33)9-15-29(34)31(3)25-10-12-26(13-11-25)39(35,36)30-24-17-22-6-4-5-7-23(22)18-24/h4-16,24,30H,17-18H2,1-3H3/b15-9+. The van der Waals surface area contributed by atoms with Gasteiger partial charge in [-0.05, 0) is 72.0 Å². The molecule has 4 rings (SSSR count). The fourth-order valence-electron chi connectivity index (χ4n) is 4.29. The van der Waals surface area contributed by atoms with E-state index in [9.17, 15) is 22.8 Å². The van der Waals surface area contributed by atoms with Crippen molar-refractivity contribution >= 4 is 39.6 Å². The summed E-state index contributed by atoms with van der Waals surface area (Å²) in [7, 11) is -2.16. The molecule has 9 nitrogen and oxygen atoms in total. The van der Waals surface area contributed by atoms with Crippen LogP contribution in [0, 0.1) is 0 Å². The van der Waals surface area contributed by atoms with Crippen LogP contribution in [0.2, 0.25) is 0 Å². The van der Waals surface area contributed by atoms with Crippen molar-refractivity contribution in [1.29, 1.82) is 0 Å². The largest absolute Gasteiger partial charge is 0.423 e. The average Bonchev–Trinajstić information content (AvgIpc) is 3.29. The zero-order valence-corrected chi connectivity index (χ0v) is 22.5. The molecular formula is C29H28N2O7S. The van der Waals surface area contributed by atoms with Crippen molar-refractivity contribution in [3.05, 3.63) is 89.5 Å². The molecule has 1 N–H and O–H groups in total. The summed E-state index contributed by atoms with van der Waals surface area (Å²) in [5.41, 5.74) is 3.33. The quantitative estimate of drug-likeness (QED) is 0.259. The zero-order chi connectivity index (χ0) is 28.2. The third-order valence-electron chi connectivity index (χ3n) is 6.13. The molecule has 0 bridgehead atoms. The number of likely N-dealkylation sites (N-methyl/N-ethyl adjacent to an activating group) is 1. The molecule has 10 heteroatoms. The van der Waals surface area contributed by atoms with E-state index in [1.54, 1.807) is 25.2 Å². The molecule has 0 aliphatic heterocycles. The predicted molar refractivity (Wildman–Crippen MR) is 146 cm³/mol. The summed E-state index contributed by atoms with van der Waals surface area (Å²) in [6, 6.07) is 18.3. The number of esters is 2. The van der Waals surface area contributed by atoms with Gasteiger partial charge in [-0.15, -0.1) is 0 Å². The molecule has 0 radical (unpaired) electrons. The van der Waals surface area contributed by atoms with Gasteiger partial charge < -0.3 is 14.4 Å². The van der Waals surface area contributed by atoms with Gasteiger partial charge in [0.2, 0.25) is 10.0 Å². The molecule has 0 atom stereocenters. The Morgan fingerprint density at radius 2 is 1.46 bits per heavy atom. The molecule has 0 unspecified atom stereocenters. The lowest BCUT2D eigenvalue weighted by atomic mass is 10.1. The number of anilines is 1. The lowest BCUT2D eigenvalue weighted by Crippen LogP contribution is -2.35. The van der Waals surface area contributed by atoms with Gasteiger partial charge in [-0.1, -0.05) is 30.3 Å². The number of carbonyl (C=O) groups excluding carboxylic acids is 3. The van der Waals surface area contributed by atoms with Gasteiger partial charge >= 0.3 is 11.9 Å². The Labute approximate surface area is 227 Å². The van der Waals surface area contributed by atoms with Crippen molar-refractivity contribution in [2.24, 2.45) is 0 Å². The smallest absolute Gasteiger partial charge is 0.308 e. The second-order valence-corrected chi connectivity index (χ2v) is 10.8. The SMILES string of the molecule is CC(=O)Oc1ccc(/C=C/C(=O)N(C)c2ccc(S(=O)(=O)NC3Cc4ccccc4C3)cc2)cc1OC(C)=O. The van der Waals surface area contributed by atoms with Crippen LogP contribution in [0.25, 0.3) is 6.08 Å². The monoisotopic (exact) mass is 548 g/mol. The van der Waals surface area contributed by atoms with Crippen molar-refractivity contribution in [2.45, 2.75) is 37.6 Å². The van der Waals surface area contributed by atoms with Crippen LogP contribution in [0.3, 0.4) is 0 Å². The van der Waals surface area contributed by atoms with Crippen molar-refractivity contribution in [2.75, 3.05) is 11.9 Å². The number of benzene rings is 3. The van der Waals surface area contributed by atoms with Crippen LogP contribution in [-0.2, 0) is 37.2 Å². The Morgan fingerprint density at radius 3 is 2.05 bits per heavy atom. The van der Waals surface area contributed by atoms with Crippen molar-refractivity contribution in [3.8, 4) is 11.5 Å². The number of hydrogen-bond donors (Lipinski definition) is 1. The number of amides is 1. The van der Waals surface area contributed by atoms with E-state index in [1.807, 2.05) is 24.3 Å². The highest BCUT2D eigenvalue weighted by molar-refractivity contribution is 7.89. The molecule has 39 heavy (non-hydrogen) atoms. The predicted octanol–water partition coefficient (Wildman–Crippen LogP) is 3.66. The number of carbonyl (C=O) groups is 3. The molecule has 3 aromatic rings. The van der Waals surface area contributed by atoms with E-state index in [0.717, 1.165) is 11.1 Å². The number of nitrogens with zero attached hydrogens (tertiary/aromatic N) is 1. The van der Waals surface area contributed by atoms with Gasteiger partial charge in [0.15, 0.2) is 11.5 Å².